The average molecular weight is 317 g/mol. The Labute approximate surface area is 122 Å². The Morgan fingerprint density at radius 2 is 1.95 bits per heavy atom. The number of benzene rings is 1. The van der Waals surface area contributed by atoms with Gasteiger partial charge in [0, 0.05) is 17.4 Å². The van der Waals surface area contributed by atoms with Crippen LogP contribution in [0.4, 0.5) is 24.5 Å². The molecule has 0 fully saturated rings. The number of rotatable bonds is 3. The summed E-state index contributed by atoms with van der Waals surface area (Å²) in [6.45, 7) is 0. The zero-order valence-electron chi connectivity index (χ0n) is 10.3. The molecule has 0 unspecified atom stereocenters. The van der Waals surface area contributed by atoms with Crippen molar-refractivity contribution in [1.82, 2.24) is 4.98 Å². The second-order valence-corrected chi connectivity index (χ2v) is 4.48. The van der Waals surface area contributed by atoms with Gasteiger partial charge in [-0.3, -0.25) is 4.98 Å². The van der Waals surface area contributed by atoms with Gasteiger partial charge in [-0.25, -0.2) is 4.79 Å². The van der Waals surface area contributed by atoms with Crippen LogP contribution in [0.2, 0.25) is 5.02 Å². The van der Waals surface area contributed by atoms with Gasteiger partial charge in [0.2, 0.25) is 0 Å². The van der Waals surface area contributed by atoms with Gasteiger partial charge in [-0.2, -0.15) is 13.2 Å². The third-order valence-corrected chi connectivity index (χ3v) is 2.84. The van der Waals surface area contributed by atoms with Crippen molar-refractivity contribution in [2.24, 2.45) is 0 Å². The molecule has 0 radical (unpaired) electrons. The van der Waals surface area contributed by atoms with Gasteiger partial charge in [-0.05, 0) is 24.3 Å². The van der Waals surface area contributed by atoms with Gasteiger partial charge in [0.15, 0.2) is 0 Å². The van der Waals surface area contributed by atoms with E-state index in [1.54, 1.807) is 0 Å². The van der Waals surface area contributed by atoms with Crippen LogP contribution in [-0.2, 0) is 6.18 Å². The molecule has 110 valence electrons. The Morgan fingerprint density at radius 1 is 1.24 bits per heavy atom. The highest BCUT2D eigenvalue weighted by Gasteiger charge is 2.34. The summed E-state index contributed by atoms with van der Waals surface area (Å²) in [5.74, 6) is -1.30. The minimum absolute atomic E-state index is 0.00493. The summed E-state index contributed by atoms with van der Waals surface area (Å²) in [5, 5.41) is 11.4. The largest absolute Gasteiger partial charge is 0.478 e. The molecule has 0 aliphatic heterocycles. The van der Waals surface area contributed by atoms with E-state index in [1.165, 1.54) is 18.3 Å². The van der Waals surface area contributed by atoms with Gasteiger partial charge in [0.25, 0.3) is 0 Å². The molecule has 0 spiro atoms. The standard InChI is InChI=1S/C13H8ClF3N2O2/c14-7-1-2-11(9(5-7)13(15,16)17)19-10-3-4-18-6-8(10)12(20)21/h1-6H,(H,18,19)(H,20,21). The van der Waals surface area contributed by atoms with E-state index in [4.69, 9.17) is 16.7 Å². The second-order valence-electron chi connectivity index (χ2n) is 4.04. The monoisotopic (exact) mass is 316 g/mol. The number of nitrogens with one attached hydrogen (secondary N) is 1. The average Bonchev–Trinajstić information content (AvgIpc) is 2.40. The van der Waals surface area contributed by atoms with Gasteiger partial charge in [0.05, 0.1) is 16.9 Å². The molecule has 0 aliphatic rings. The number of anilines is 2. The number of aromatic carboxylic acids is 1. The number of aromatic nitrogens is 1. The third-order valence-electron chi connectivity index (χ3n) is 2.61. The quantitative estimate of drug-likeness (QED) is 0.891. The van der Waals surface area contributed by atoms with Crippen LogP contribution in [-0.4, -0.2) is 16.1 Å². The summed E-state index contributed by atoms with van der Waals surface area (Å²) in [7, 11) is 0. The summed E-state index contributed by atoms with van der Waals surface area (Å²) < 4.78 is 38.9. The molecule has 0 atom stereocenters. The molecule has 2 rings (SSSR count). The van der Waals surface area contributed by atoms with Crippen LogP contribution in [0.3, 0.4) is 0 Å². The number of carbonyl (C=O) groups is 1. The number of halogens is 4. The molecule has 0 bridgehead atoms. The summed E-state index contributed by atoms with van der Waals surface area (Å²) in [6, 6.07) is 4.46. The Hall–Kier alpha value is -2.28. The van der Waals surface area contributed by atoms with E-state index in [9.17, 15) is 18.0 Å². The molecular formula is C13H8ClF3N2O2. The van der Waals surface area contributed by atoms with Crippen molar-refractivity contribution in [3.05, 3.63) is 52.8 Å². The fourth-order valence-corrected chi connectivity index (χ4v) is 1.85. The Balaban J connectivity index is 2.48. The number of carboxylic acid groups (broad SMARTS) is 1. The van der Waals surface area contributed by atoms with Crippen LogP contribution in [0.25, 0.3) is 0 Å². The number of pyridine rings is 1. The highest BCUT2D eigenvalue weighted by molar-refractivity contribution is 6.30. The van der Waals surface area contributed by atoms with E-state index in [1.807, 2.05) is 0 Å². The minimum Gasteiger partial charge on any atom is -0.478 e. The number of alkyl halides is 3. The smallest absolute Gasteiger partial charge is 0.418 e. The van der Waals surface area contributed by atoms with Crippen molar-refractivity contribution in [1.29, 1.82) is 0 Å². The van der Waals surface area contributed by atoms with Crippen molar-refractivity contribution in [3.63, 3.8) is 0 Å². The van der Waals surface area contributed by atoms with Gasteiger partial charge in [-0.15, -0.1) is 0 Å². The summed E-state index contributed by atoms with van der Waals surface area (Å²) in [5.41, 5.74) is -1.50. The predicted octanol–water partition coefficient (Wildman–Crippen LogP) is 4.20. The molecule has 2 N–H and O–H groups in total. The minimum atomic E-state index is -4.62. The molecule has 0 aliphatic carbocycles. The fraction of sp³-hybridized carbons (Fsp3) is 0.0769. The van der Waals surface area contributed by atoms with Gasteiger partial charge < -0.3 is 10.4 Å². The van der Waals surface area contributed by atoms with Crippen molar-refractivity contribution in [2.75, 3.05) is 5.32 Å². The van der Waals surface area contributed by atoms with E-state index in [-0.39, 0.29) is 22.0 Å². The second kappa shape index (κ2) is 5.61. The van der Waals surface area contributed by atoms with E-state index < -0.39 is 17.7 Å². The Morgan fingerprint density at radius 3 is 2.57 bits per heavy atom. The molecule has 2 aromatic rings. The molecule has 8 heteroatoms. The van der Waals surface area contributed by atoms with Crippen LogP contribution >= 0.6 is 11.6 Å². The van der Waals surface area contributed by atoms with Crippen LogP contribution < -0.4 is 5.32 Å². The van der Waals surface area contributed by atoms with E-state index >= 15 is 0 Å². The van der Waals surface area contributed by atoms with Gasteiger partial charge >= 0.3 is 12.1 Å². The lowest BCUT2D eigenvalue weighted by Crippen LogP contribution is -2.10. The maximum atomic E-state index is 13.0. The van der Waals surface area contributed by atoms with Crippen LogP contribution in [0.15, 0.2) is 36.7 Å². The lowest BCUT2D eigenvalue weighted by atomic mass is 10.1. The van der Waals surface area contributed by atoms with Crippen molar-refractivity contribution >= 4 is 28.9 Å². The Kier molecular flexibility index (Phi) is 4.04. The molecular weight excluding hydrogens is 309 g/mol. The SMILES string of the molecule is O=C(O)c1cnccc1Nc1ccc(Cl)cc1C(F)(F)F. The summed E-state index contributed by atoms with van der Waals surface area (Å²) in [4.78, 5) is 14.7. The third kappa shape index (κ3) is 3.43. The number of nitrogens with zero attached hydrogens (tertiary/aromatic N) is 1. The normalized spacial score (nSPS) is 11.2. The van der Waals surface area contributed by atoms with E-state index in [2.05, 4.69) is 10.3 Å². The first-order valence-electron chi connectivity index (χ1n) is 5.60. The first-order valence-corrected chi connectivity index (χ1v) is 5.98. The topological polar surface area (TPSA) is 62.2 Å². The lowest BCUT2D eigenvalue weighted by molar-refractivity contribution is -0.136. The highest BCUT2D eigenvalue weighted by atomic mass is 35.5. The zero-order chi connectivity index (χ0) is 15.6. The molecule has 4 nitrogen and oxygen atoms in total. The fourth-order valence-electron chi connectivity index (χ4n) is 1.68. The molecule has 0 amide bonds. The molecule has 0 saturated heterocycles. The van der Waals surface area contributed by atoms with Crippen LogP contribution in [0.5, 0.6) is 0 Å². The first-order chi connectivity index (χ1) is 9.79. The highest BCUT2D eigenvalue weighted by Crippen LogP contribution is 2.37. The number of carboxylic acids is 1. The van der Waals surface area contributed by atoms with E-state index in [0.29, 0.717) is 0 Å². The lowest BCUT2D eigenvalue weighted by Gasteiger charge is -2.15. The molecule has 21 heavy (non-hydrogen) atoms. The van der Waals surface area contributed by atoms with Crippen LogP contribution in [0.1, 0.15) is 15.9 Å². The molecule has 1 aromatic carbocycles. The van der Waals surface area contributed by atoms with E-state index in [0.717, 1.165) is 18.3 Å². The summed E-state index contributed by atoms with van der Waals surface area (Å²) >= 11 is 5.58. The molecule has 1 heterocycles. The van der Waals surface area contributed by atoms with Crippen molar-refractivity contribution in [3.8, 4) is 0 Å². The predicted molar refractivity (Wildman–Crippen MR) is 70.9 cm³/mol. The first kappa shape index (κ1) is 15.1. The Bertz CT molecular complexity index is 689. The van der Waals surface area contributed by atoms with Crippen molar-refractivity contribution in [2.45, 2.75) is 6.18 Å². The van der Waals surface area contributed by atoms with Gasteiger partial charge in [-0.1, -0.05) is 11.6 Å². The van der Waals surface area contributed by atoms with Gasteiger partial charge in [0.1, 0.15) is 5.56 Å². The maximum Gasteiger partial charge on any atom is 0.418 e. The number of hydrogen-bond donors (Lipinski definition) is 2. The molecule has 0 saturated carbocycles. The molecule has 1 aromatic heterocycles. The van der Waals surface area contributed by atoms with Crippen LogP contribution in [0, 0.1) is 0 Å². The maximum absolute atomic E-state index is 13.0. The zero-order valence-corrected chi connectivity index (χ0v) is 11.0. The van der Waals surface area contributed by atoms with Crippen molar-refractivity contribution < 1.29 is 23.1 Å². The number of hydrogen-bond acceptors (Lipinski definition) is 3. The summed E-state index contributed by atoms with van der Waals surface area (Å²) in [6.07, 6.45) is -2.30.